The molecular formula is C18H28NO6P. The fourth-order valence-corrected chi connectivity index (χ4v) is 3.87. The van der Waals surface area contributed by atoms with Gasteiger partial charge in [0.2, 0.25) is 0 Å². The number of ether oxygens (including phenoxy) is 3. The third kappa shape index (κ3) is 6.83. The first-order valence-electron chi connectivity index (χ1n) is 8.28. The van der Waals surface area contributed by atoms with E-state index in [9.17, 15) is 9.36 Å². The van der Waals surface area contributed by atoms with Crippen LogP contribution in [0.15, 0.2) is 30.9 Å². The van der Waals surface area contributed by atoms with Gasteiger partial charge in [-0.3, -0.25) is 9.36 Å². The zero-order chi connectivity index (χ0) is 19.7. The first kappa shape index (κ1) is 22.2. The van der Waals surface area contributed by atoms with Crippen molar-refractivity contribution in [2.75, 3.05) is 20.6 Å². The number of hydrogen-bond acceptors (Lipinski definition) is 6. The summed E-state index contributed by atoms with van der Waals surface area (Å²) in [6.45, 7) is 8.74. The quantitative estimate of drug-likeness (QED) is 0.354. The van der Waals surface area contributed by atoms with Crippen LogP contribution in [0.1, 0.15) is 26.3 Å². The van der Waals surface area contributed by atoms with Gasteiger partial charge < -0.3 is 18.7 Å². The monoisotopic (exact) mass is 385 g/mol. The maximum atomic E-state index is 13.1. The van der Waals surface area contributed by atoms with Gasteiger partial charge in [-0.1, -0.05) is 12.1 Å². The molecule has 0 saturated heterocycles. The van der Waals surface area contributed by atoms with Crippen LogP contribution in [-0.4, -0.2) is 38.7 Å². The maximum Gasteiger partial charge on any atom is 0.342 e. The number of hydrogen-bond donors (Lipinski definition) is 1. The van der Waals surface area contributed by atoms with Crippen LogP contribution in [0.25, 0.3) is 0 Å². The molecule has 1 N–H and O–H groups in total. The standard InChI is InChI=1S/C18H28NO6P/c1-7-8-15-9-10-16(17(11-15)23-6)25-26(21,12-22-5)19-14(4)18(20)24-13(2)3/h7,9-11,13-14H,1,8,12H2,2-6H3,(H,19,21). The van der Waals surface area contributed by atoms with Crippen LogP contribution >= 0.6 is 7.52 Å². The Labute approximate surface area is 155 Å². The van der Waals surface area contributed by atoms with Crippen molar-refractivity contribution in [2.45, 2.75) is 39.3 Å². The molecule has 2 unspecified atom stereocenters. The van der Waals surface area contributed by atoms with Crippen molar-refractivity contribution in [3.63, 3.8) is 0 Å². The Morgan fingerprint density at radius 1 is 1.27 bits per heavy atom. The van der Waals surface area contributed by atoms with E-state index in [4.69, 9.17) is 18.7 Å². The number of carbonyl (C=O) groups excluding carboxylic acids is 1. The molecule has 0 aliphatic rings. The molecule has 0 aliphatic heterocycles. The van der Waals surface area contributed by atoms with E-state index in [0.29, 0.717) is 12.2 Å². The molecule has 0 heterocycles. The zero-order valence-electron chi connectivity index (χ0n) is 16.0. The highest BCUT2D eigenvalue weighted by molar-refractivity contribution is 7.57. The maximum absolute atomic E-state index is 13.1. The molecule has 0 fully saturated rings. The van der Waals surface area contributed by atoms with Gasteiger partial charge in [-0.15, -0.1) is 6.58 Å². The molecular weight excluding hydrogens is 357 g/mol. The Morgan fingerprint density at radius 2 is 1.96 bits per heavy atom. The minimum atomic E-state index is -3.54. The van der Waals surface area contributed by atoms with Crippen molar-refractivity contribution in [3.8, 4) is 11.5 Å². The van der Waals surface area contributed by atoms with E-state index in [1.165, 1.54) is 14.2 Å². The van der Waals surface area contributed by atoms with Crippen LogP contribution in [0.4, 0.5) is 0 Å². The number of methoxy groups -OCH3 is 2. The fraction of sp³-hybridized carbons (Fsp3) is 0.500. The molecule has 0 bridgehead atoms. The summed E-state index contributed by atoms with van der Waals surface area (Å²) >= 11 is 0. The molecule has 2 atom stereocenters. The molecule has 0 aliphatic carbocycles. The van der Waals surface area contributed by atoms with E-state index in [-0.39, 0.29) is 18.2 Å². The first-order valence-corrected chi connectivity index (χ1v) is 10.1. The predicted molar refractivity (Wildman–Crippen MR) is 101 cm³/mol. The van der Waals surface area contributed by atoms with Crippen molar-refractivity contribution in [2.24, 2.45) is 0 Å². The Bertz CT molecular complexity index is 661. The summed E-state index contributed by atoms with van der Waals surface area (Å²) in [6.07, 6.45) is 1.95. The van der Waals surface area contributed by atoms with Crippen molar-refractivity contribution in [1.29, 1.82) is 0 Å². The SMILES string of the molecule is C=CCc1ccc(OP(=O)(COC)NC(C)C(=O)OC(C)C)c(OC)c1. The lowest BCUT2D eigenvalue weighted by molar-refractivity contribution is -0.149. The van der Waals surface area contributed by atoms with Crippen molar-refractivity contribution >= 4 is 13.5 Å². The van der Waals surface area contributed by atoms with Gasteiger partial charge in [-0.25, -0.2) is 5.09 Å². The number of esters is 1. The highest BCUT2D eigenvalue weighted by atomic mass is 31.2. The number of allylic oxidation sites excluding steroid dienone is 1. The summed E-state index contributed by atoms with van der Waals surface area (Å²) in [5, 5.41) is 2.70. The lowest BCUT2D eigenvalue weighted by Gasteiger charge is -2.24. The minimum Gasteiger partial charge on any atom is -0.493 e. The fourth-order valence-electron chi connectivity index (χ4n) is 2.18. The van der Waals surface area contributed by atoms with Crippen molar-refractivity contribution in [3.05, 3.63) is 36.4 Å². The Kier molecular flexibility index (Phi) is 8.85. The van der Waals surface area contributed by atoms with Crippen LogP contribution in [0.3, 0.4) is 0 Å². The van der Waals surface area contributed by atoms with Gasteiger partial charge in [0.05, 0.1) is 13.2 Å². The zero-order valence-corrected chi connectivity index (χ0v) is 16.9. The third-order valence-electron chi connectivity index (χ3n) is 3.25. The van der Waals surface area contributed by atoms with Gasteiger partial charge >= 0.3 is 13.5 Å². The second kappa shape index (κ2) is 10.4. The molecule has 146 valence electrons. The van der Waals surface area contributed by atoms with Crippen LogP contribution in [-0.2, 0) is 25.3 Å². The summed E-state index contributed by atoms with van der Waals surface area (Å²) in [4.78, 5) is 12.0. The normalized spacial score (nSPS) is 14.4. The van der Waals surface area contributed by atoms with Gasteiger partial charge in [-0.05, 0) is 44.9 Å². The van der Waals surface area contributed by atoms with E-state index in [0.717, 1.165) is 5.56 Å². The van der Waals surface area contributed by atoms with Crippen LogP contribution in [0.2, 0.25) is 0 Å². The van der Waals surface area contributed by atoms with E-state index >= 15 is 0 Å². The molecule has 0 aromatic heterocycles. The number of rotatable bonds is 11. The molecule has 8 heteroatoms. The first-order chi connectivity index (χ1) is 12.2. The van der Waals surface area contributed by atoms with Crippen LogP contribution in [0.5, 0.6) is 11.5 Å². The number of benzene rings is 1. The van der Waals surface area contributed by atoms with Gasteiger partial charge in [0.1, 0.15) is 12.4 Å². The topological polar surface area (TPSA) is 83.1 Å². The summed E-state index contributed by atoms with van der Waals surface area (Å²) in [7, 11) is -0.639. The Balaban J connectivity index is 3.00. The summed E-state index contributed by atoms with van der Waals surface area (Å²) < 4.78 is 34.3. The molecule has 0 amide bonds. The van der Waals surface area contributed by atoms with E-state index in [1.807, 2.05) is 6.07 Å². The van der Waals surface area contributed by atoms with Crippen molar-refractivity contribution in [1.82, 2.24) is 5.09 Å². The molecule has 0 radical (unpaired) electrons. The van der Waals surface area contributed by atoms with Gasteiger partial charge in [0.25, 0.3) is 0 Å². The van der Waals surface area contributed by atoms with Gasteiger partial charge in [0, 0.05) is 7.11 Å². The summed E-state index contributed by atoms with van der Waals surface area (Å²) in [5.41, 5.74) is 0.979. The van der Waals surface area contributed by atoms with Crippen LogP contribution in [0, 0.1) is 0 Å². The summed E-state index contributed by atoms with van der Waals surface area (Å²) in [5.74, 6) is 0.200. The highest BCUT2D eigenvalue weighted by Gasteiger charge is 2.31. The average Bonchev–Trinajstić information content (AvgIpc) is 2.55. The molecule has 0 saturated carbocycles. The largest absolute Gasteiger partial charge is 0.493 e. The Hall–Kier alpha value is -1.82. The number of carbonyl (C=O) groups is 1. The number of nitrogens with one attached hydrogen (secondary N) is 1. The molecule has 1 aromatic rings. The highest BCUT2D eigenvalue weighted by Crippen LogP contribution is 2.46. The van der Waals surface area contributed by atoms with Crippen LogP contribution < -0.4 is 14.3 Å². The van der Waals surface area contributed by atoms with E-state index < -0.39 is 19.5 Å². The molecule has 7 nitrogen and oxygen atoms in total. The lowest BCUT2D eigenvalue weighted by Crippen LogP contribution is -2.36. The second-order valence-corrected chi connectivity index (χ2v) is 8.04. The van der Waals surface area contributed by atoms with E-state index in [1.54, 1.807) is 39.0 Å². The predicted octanol–water partition coefficient (Wildman–Crippen LogP) is 3.53. The minimum absolute atomic E-state index is 0.218. The third-order valence-corrected chi connectivity index (χ3v) is 5.12. The second-order valence-electron chi connectivity index (χ2n) is 6.00. The smallest absolute Gasteiger partial charge is 0.342 e. The van der Waals surface area contributed by atoms with E-state index in [2.05, 4.69) is 11.7 Å². The molecule has 0 spiro atoms. The van der Waals surface area contributed by atoms with Gasteiger partial charge in [-0.2, -0.15) is 0 Å². The average molecular weight is 385 g/mol. The van der Waals surface area contributed by atoms with Gasteiger partial charge in [0.15, 0.2) is 11.5 Å². The Morgan fingerprint density at radius 3 is 2.50 bits per heavy atom. The lowest BCUT2D eigenvalue weighted by atomic mass is 10.1. The molecule has 1 rings (SSSR count). The molecule has 26 heavy (non-hydrogen) atoms. The molecule has 1 aromatic carbocycles. The van der Waals surface area contributed by atoms with Crippen molar-refractivity contribution < 1.29 is 28.1 Å². The summed E-state index contributed by atoms with van der Waals surface area (Å²) in [6, 6.07) is 4.45.